The molecule has 0 spiro atoms. The van der Waals surface area contributed by atoms with Gasteiger partial charge in [-0.25, -0.2) is 0 Å². The van der Waals surface area contributed by atoms with Gasteiger partial charge in [0.05, 0.1) is 5.56 Å². The highest BCUT2D eigenvalue weighted by Crippen LogP contribution is 2.28. The molecule has 0 saturated heterocycles. The Kier molecular flexibility index (Phi) is 4.76. The number of benzene rings is 2. The molecule has 2 aromatic carbocycles. The Labute approximate surface area is 150 Å². The van der Waals surface area contributed by atoms with Crippen LogP contribution in [0.3, 0.4) is 0 Å². The Hall–Kier alpha value is -2.07. The Bertz CT molecular complexity index is 911. The smallest absolute Gasteiger partial charge is 0.252 e. The molecule has 1 aromatic heterocycles. The first kappa shape index (κ1) is 16.8. The van der Waals surface area contributed by atoms with Gasteiger partial charge in [0.2, 0.25) is 0 Å². The van der Waals surface area contributed by atoms with Gasteiger partial charge in [-0.3, -0.25) is 4.79 Å². The van der Waals surface area contributed by atoms with Crippen LogP contribution in [0.2, 0.25) is 0 Å². The number of aryl methyl sites for hydroxylation is 3. The van der Waals surface area contributed by atoms with E-state index >= 15 is 0 Å². The Morgan fingerprint density at radius 2 is 1.79 bits per heavy atom. The van der Waals surface area contributed by atoms with Crippen LogP contribution in [0, 0.1) is 20.8 Å². The summed E-state index contributed by atoms with van der Waals surface area (Å²) >= 11 is 3.42. The maximum atomic E-state index is 12.3. The van der Waals surface area contributed by atoms with E-state index in [9.17, 15) is 4.79 Å². The second-order valence-corrected chi connectivity index (χ2v) is 7.02. The van der Waals surface area contributed by atoms with Gasteiger partial charge in [-0.05, 0) is 71.9 Å². The minimum atomic E-state index is -0.0483. The van der Waals surface area contributed by atoms with Crippen LogP contribution >= 0.6 is 15.9 Å². The highest BCUT2D eigenvalue weighted by molar-refractivity contribution is 9.10. The van der Waals surface area contributed by atoms with Crippen molar-refractivity contribution in [1.82, 2.24) is 10.3 Å². The SMILES string of the molecule is Cc1[nH]c2c(C)ccc(C)c2c1CCNC(=O)c1ccccc1Br. The fourth-order valence-corrected chi connectivity index (χ4v) is 3.63. The zero-order chi connectivity index (χ0) is 17.3. The van der Waals surface area contributed by atoms with Crippen LogP contribution in [0.15, 0.2) is 40.9 Å². The number of carbonyl (C=O) groups excluding carboxylic acids is 1. The van der Waals surface area contributed by atoms with Crippen molar-refractivity contribution < 1.29 is 4.79 Å². The number of hydrogen-bond acceptors (Lipinski definition) is 1. The molecule has 0 radical (unpaired) electrons. The standard InChI is InChI=1S/C20H21BrN2O/c1-12-8-9-13(2)19-18(12)15(14(3)23-19)10-11-22-20(24)16-6-4-5-7-17(16)21/h4-9,23H,10-11H2,1-3H3,(H,22,24). The second kappa shape index (κ2) is 6.81. The summed E-state index contributed by atoms with van der Waals surface area (Å²) in [6, 6.07) is 11.8. The molecule has 24 heavy (non-hydrogen) atoms. The topological polar surface area (TPSA) is 44.9 Å². The Balaban J connectivity index is 1.77. The van der Waals surface area contributed by atoms with E-state index in [4.69, 9.17) is 0 Å². The number of H-pyrrole nitrogens is 1. The van der Waals surface area contributed by atoms with Gasteiger partial charge >= 0.3 is 0 Å². The molecule has 3 aromatic rings. The molecule has 4 heteroatoms. The highest BCUT2D eigenvalue weighted by Gasteiger charge is 2.13. The number of hydrogen-bond donors (Lipinski definition) is 2. The Morgan fingerprint density at radius 1 is 1.08 bits per heavy atom. The van der Waals surface area contributed by atoms with Crippen molar-refractivity contribution in [2.24, 2.45) is 0 Å². The fraction of sp³-hybridized carbons (Fsp3) is 0.250. The number of rotatable bonds is 4. The lowest BCUT2D eigenvalue weighted by atomic mass is 10.0. The van der Waals surface area contributed by atoms with Crippen LogP contribution in [0.25, 0.3) is 10.9 Å². The van der Waals surface area contributed by atoms with Gasteiger partial charge in [0.15, 0.2) is 0 Å². The normalized spacial score (nSPS) is 11.0. The largest absolute Gasteiger partial charge is 0.358 e. The Morgan fingerprint density at radius 3 is 2.54 bits per heavy atom. The van der Waals surface area contributed by atoms with E-state index in [2.05, 4.69) is 59.1 Å². The molecule has 1 amide bonds. The third-order valence-corrected chi connectivity index (χ3v) is 5.16. The first-order valence-corrected chi connectivity index (χ1v) is 8.88. The van der Waals surface area contributed by atoms with E-state index in [-0.39, 0.29) is 5.91 Å². The fourth-order valence-electron chi connectivity index (χ4n) is 3.17. The number of carbonyl (C=O) groups is 1. The van der Waals surface area contributed by atoms with Crippen LogP contribution < -0.4 is 5.32 Å². The maximum absolute atomic E-state index is 12.3. The number of nitrogens with one attached hydrogen (secondary N) is 2. The van der Waals surface area contributed by atoms with Crippen molar-refractivity contribution in [2.75, 3.05) is 6.54 Å². The van der Waals surface area contributed by atoms with Crippen molar-refractivity contribution >= 4 is 32.7 Å². The third kappa shape index (κ3) is 3.11. The molecule has 0 bridgehead atoms. The molecule has 3 nitrogen and oxygen atoms in total. The van der Waals surface area contributed by atoms with Crippen molar-refractivity contribution in [1.29, 1.82) is 0 Å². The molecule has 0 aliphatic rings. The lowest BCUT2D eigenvalue weighted by Crippen LogP contribution is -2.26. The average Bonchev–Trinajstić information content (AvgIpc) is 2.89. The predicted octanol–water partition coefficient (Wildman–Crippen LogP) is 4.83. The van der Waals surface area contributed by atoms with E-state index in [1.807, 2.05) is 24.3 Å². The van der Waals surface area contributed by atoms with Gasteiger partial charge in [-0.1, -0.05) is 24.3 Å². The lowest BCUT2D eigenvalue weighted by Gasteiger charge is -2.08. The molecule has 1 heterocycles. The molecule has 0 saturated carbocycles. The number of aromatic amines is 1. The molecule has 0 atom stereocenters. The van der Waals surface area contributed by atoms with E-state index in [0.717, 1.165) is 10.9 Å². The van der Waals surface area contributed by atoms with Crippen LogP contribution in [0.4, 0.5) is 0 Å². The van der Waals surface area contributed by atoms with E-state index in [0.29, 0.717) is 12.1 Å². The monoisotopic (exact) mass is 384 g/mol. The second-order valence-electron chi connectivity index (χ2n) is 6.16. The van der Waals surface area contributed by atoms with Crippen molar-refractivity contribution in [3.63, 3.8) is 0 Å². The van der Waals surface area contributed by atoms with Crippen LogP contribution in [-0.2, 0) is 6.42 Å². The summed E-state index contributed by atoms with van der Waals surface area (Å²) in [5.41, 5.74) is 6.87. The number of halogens is 1. The minimum Gasteiger partial charge on any atom is -0.358 e. The molecule has 0 fully saturated rings. The molecule has 0 unspecified atom stereocenters. The summed E-state index contributed by atoms with van der Waals surface area (Å²) in [6.45, 7) is 6.97. The molecule has 0 aliphatic carbocycles. The summed E-state index contributed by atoms with van der Waals surface area (Å²) in [7, 11) is 0. The number of aromatic nitrogens is 1. The molecule has 2 N–H and O–H groups in total. The highest BCUT2D eigenvalue weighted by atomic mass is 79.9. The van der Waals surface area contributed by atoms with E-state index in [1.165, 1.54) is 33.3 Å². The van der Waals surface area contributed by atoms with Crippen LogP contribution in [0.1, 0.15) is 32.7 Å². The van der Waals surface area contributed by atoms with E-state index < -0.39 is 0 Å². The number of amides is 1. The van der Waals surface area contributed by atoms with Crippen LogP contribution in [0.5, 0.6) is 0 Å². The summed E-state index contributed by atoms with van der Waals surface area (Å²) in [4.78, 5) is 15.8. The zero-order valence-electron chi connectivity index (χ0n) is 14.2. The predicted molar refractivity (Wildman–Crippen MR) is 103 cm³/mol. The first-order valence-electron chi connectivity index (χ1n) is 8.09. The van der Waals surface area contributed by atoms with Gasteiger partial charge in [-0.15, -0.1) is 0 Å². The molecular formula is C20H21BrN2O. The molecule has 0 aliphatic heterocycles. The summed E-state index contributed by atoms with van der Waals surface area (Å²) in [5, 5.41) is 4.32. The van der Waals surface area contributed by atoms with Gasteiger partial charge in [-0.2, -0.15) is 0 Å². The summed E-state index contributed by atoms with van der Waals surface area (Å²) < 4.78 is 0.817. The minimum absolute atomic E-state index is 0.0483. The van der Waals surface area contributed by atoms with Gasteiger partial charge in [0.25, 0.3) is 5.91 Å². The maximum Gasteiger partial charge on any atom is 0.252 e. The van der Waals surface area contributed by atoms with E-state index in [1.54, 1.807) is 0 Å². The molecule has 3 rings (SSSR count). The third-order valence-electron chi connectivity index (χ3n) is 4.47. The molecule has 124 valence electrons. The van der Waals surface area contributed by atoms with Crippen LogP contribution in [-0.4, -0.2) is 17.4 Å². The summed E-state index contributed by atoms with van der Waals surface area (Å²) in [6.07, 6.45) is 0.812. The number of fused-ring (bicyclic) bond motifs is 1. The quantitative estimate of drug-likeness (QED) is 0.664. The zero-order valence-corrected chi connectivity index (χ0v) is 15.8. The first-order chi connectivity index (χ1) is 11.5. The van der Waals surface area contributed by atoms with Gasteiger partial charge < -0.3 is 10.3 Å². The van der Waals surface area contributed by atoms with Gasteiger partial charge in [0.1, 0.15) is 0 Å². The molecular weight excluding hydrogens is 364 g/mol. The van der Waals surface area contributed by atoms with Crippen molar-refractivity contribution in [3.8, 4) is 0 Å². The summed E-state index contributed by atoms with van der Waals surface area (Å²) in [5.74, 6) is -0.0483. The van der Waals surface area contributed by atoms with Gasteiger partial charge in [0, 0.05) is 27.6 Å². The van der Waals surface area contributed by atoms with Crippen molar-refractivity contribution in [3.05, 3.63) is 68.8 Å². The average molecular weight is 385 g/mol. The van der Waals surface area contributed by atoms with Crippen molar-refractivity contribution in [2.45, 2.75) is 27.2 Å². The lowest BCUT2D eigenvalue weighted by molar-refractivity contribution is 0.0953.